The van der Waals surface area contributed by atoms with Gasteiger partial charge in [0.1, 0.15) is 17.2 Å². The molecule has 0 unspecified atom stereocenters. The van der Waals surface area contributed by atoms with Crippen LogP contribution in [0.2, 0.25) is 0 Å². The lowest BCUT2D eigenvalue weighted by Crippen LogP contribution is -2.27. The first-order valence-electron chi connectivity index (χ1n) is 6.76. The first kappa shape index (κ1) is 17.5. The van der Waals surface area contributed by atoms with Crippen LogP contribution in [-0.2, 0) is 10.0 Å². The van der Waals surface area contributed by atoms with Gasteiger partial charge in [-0.15, -0.1) is 0 Å². The van der Waals surface area contributed by atoms with Crippen molar-refractivity contribution in [1.82, 2.24) is 0 Å². The van der Waals surface area contributed by atoms with Gasteiger partial charge < -0.3 is 9.47 Å². The van der Waals surface area contributed by atoms with Gasteiger partial charge in [-0.25, -0.2) is 8.42 Å². The molecule has 0 atom stereocenters. The van der Waals surface area contributed by atoms with Crippen molar-refractivity contribution in [2.24, 2.45) is 0 Å². The van der Waals surface area contributed by atoms with Crippen molar-refractivity contribution in [2.45, 2.75) is 4.90 Å². The third-order valence-electron chi connectivity index (χ3n) is 3.43. The van der Waals surface area contributed by atoms with E-state index < -0.39 is 14.9 Å². The van der Waals surface area contributed by atoms with Gasteiger partial charge in [0.2, 0.25) is 0 Å². The highest BCUT2D eigenvalue weighted by molar-refractivity contribution is 7.92. The quantitative estimate of drug-likeness (QED) is 0.585. The Balaban J connectivity index is 2.50. The molecule has 0 heterocycles. The summed E-state index contributed by atoms with van der Waals surface area (Å²) >= 11 is 0. The molecule has 0 N–H and O–H groups in total. The third-order valence-corrected chi connectivity index (χ3v) is 5.22. The van der Waals surface area contributed by atoms with E-state index in [-0.39, 0.29) is 22.0 Å². The van der Waals surface area contributed by atoms with Crippen molar-refractivity contribution < 1.29 is 22.8 Å². The van der Waals surface area contributed by atoms with E-state index in [4.69, 9.17) is 9.47 Å². The Hall–Kier alpha value is -2.81. The van der Waals surface area contributed by atoms with Gasteiger partial charge in [-0.3, -0.25) is 14.4 Å². The fourth-order valence-electron chi connectivity index (χ4n) is 2.07. The summed E-state index contributed by atoms with van der Waals surface area (Å²) in [6, 6.07) is 9.59. The van der Waals surface area contributed by atoms with Gasteiger partial charge in [-0.2, -0.15) is 0 Å². The molecule has 0 bridgehead atoms. The van der Waals surface area contributed by atoms with Crippen LogP contribution in [-0.4, -0.2) is 34.6 Å². The van der Waals surface area contributed by atoms with Gasteiger partial charge in [0.05, 0.1) is 24.0 Å². The number of anilines is 1. The molecule has 2 rings (SSSR count). The lowest BCUT2D eigenvalue weighted by molar-refractivity contribution is -0.384. The molecule has 0 aliphatic heterocycles. The van der Waals surface area contributed by atoms with E-state index in [1.54, 1.807) is 0 Å². The fraction of sp³-hybridized carbons (Fsp3) is 0.200. The average molecular weight is 352 g/mol. The Bertz CT molecular complexity index is 849. The first-order chi connectivity index (χ1) is 11.3. The standard InChI is InChI=1S/C15H16N2O6S/c1-16(14-10-11(17(18)19)4-9-15(14)23-3)24(20,21)13-7-5-12(22-2)6-8-13/h4-10H,1-3H3. The summed E-state index contributed by atoms with van der Waals surface area (Å²) in [6.07, 6.45) is 0. The van der Waals surface area contributed by atoms with Crippen molar-refractivity contribution in [3.05, 3.63) is 52.6 Å². The van der Waals surface area contributed by atoms with Crippen LogP contribution in [0.25, 0.3) is 0 Å². The third kappa shape index (κ3) is 3.25. The molecule has 2 aromatic carbocycles. The monoisotopic (exact) mass is 352 g/mol. The molecule has 0 aliphatic rings. The predicted molar refractivity (Wildman–Crippen MR) is 88.2 cm³/mol. The fourth-order valence-corrected chi connectivity index (χ4v) is 3.27. The van der Waals surface area contributed by atoms with Crippen LogP contribution in [0, 0.1) is 10.1 Å². The smallest absolute Gasteiger partial charge is 0.271 e. The maximum Gasteiger partial charge on any atom is 0.271 e. The van der Waals surface area contributed by atoms with Gasteiger partial charge in [0, 0.05) is 19.2 Å². The lowest BCUT2D eigenvalue weighted by atomic mass is 10.2. The summed E-state index contributed by atoms with van der Waals surface area (Å²) in [5, 5.41) is 10.9. The van der Waals surface area contributed by atoms with Crippen LogP contribution in [0.4, 0.5) is 11.4 Å². The second-order valence-electron chi connectivity index (χ2n) is 4.76. The number of methoxy groups -OCH3 is 2. The summed E-state index contributed by atoms with van der Waals surface area (Å²) in [5.74, 6) is 0.727. The van der Waals surface area contributed by atoms with Crippen LogP contribution in [0.15, 0.2) is 47.4 Å². The number of nitro groups is 1. The van der Waals surface area contributed by atoms with Crippen molar-refractivity contribution in [3.63, 3.8) is 0 Å². The Morgan fingerprint density at radius 1 is 1.04 bits per heavy atom. The van der Waals surface area contributed by atoms with Crippen LogP contribution >= 0.6 is 0 Å². The van der Waals surface area contributed by atoms with E-state index in [2.05, 4.69) is 0 Å². The minimum atomic E-state index is -3.92. The molecular weight excluding hydrogens is 336 g/mol. The number of hydrogen-bond donors (Lipinski definition) is 0. The molecule has 0 saturated heterocycles. The topological polar surface area (TPSA) is 99.0 Å². The van der Waals surface area contributed by atoms with E-state index in [1.807, 2.05) is 0 Å². The normalized spacial score (nSPS) is 11.0. The van der Waals surface area contributed by atoms with Crippen LogP contribution in [0.1, 0.15) is 0 Å². The van der Waals surface area contributed by atoms with E-state index in [1.165, 1.54) is 57.7 Å². The second-order valence-corrected chi connectivity index (χ2v) is 6.73. The first-order valence-corrected chi connectivity index (χ1v) is 8.20. The molecule has 0 aliphatic carbocycles. The Kier molecular flexibility index (Phi) is 4.93. The molecule has 0 saturated carbocycles. The molecule has 24 heavy (non-hydrogen) atoms. The summed E-state index contributed by atoms with van der Waals surface area (Å²) in [4.78, 5) is 10.4. The number of ether oxygens (including phenoxy) is 2. The van der Waals surface area contributed by atoms with Crippen molar-refractivity contribution in [3.8, 4) is 11.5 Å². The van der Waals surface area contributed by atoms with Gasteiger partial charge in [0.25, 0.3) is 15.7 Å². The Labute approximate surface area is 139 Å². The van der Waals surface area contributed by atoms with Crippen molar-refractivity contribution in [2.75, 3.05) is 25.6 Å². The Morgan fingerprint density at radius 3 is 2.17 bits per heavy atom. The van der Waals surface area contributed by atoms with Gasteiger partial charge in [-0.1, -0.05) is 0 Å². The number of rotatable bonds is 6. The van der Waals surface area contributed by atoms with Crippen LogP contribution in [0.3, 0.4) is 0 Å². The molecule has 0 spiro atoms. The molecule has 8 nitrogen and oxygen atoms in total. The van der Waals surface area contributed by atoms with E-state index in [0.29, 0.717) is 5.75 Å². The number of nitrogens with zero attached hydrogens (tertiary/aromatic N) is 2. The minimum Gasteiger partial charge on any atom is -0.497 e. The molecule has 0 radical (unpaired) electrons. The molecule has 0 aromatic heterocycles. The highest BCUT2D eigenvalue weighted by Crippen LogP contribution is 2.34. The highest BCUT2D eigenvalue weighted by atomic mass is 32.2. The average Bonchev–Trinajstić information content (AvgIpc) is 2.60. The molecular formula is C15H16N2O6S. The maximum absolute atomic E-state index is 12.7. The summed E-state index contributed by atoms with van der Waals surface area (Å²) in [7, 11) is 0.225. The SMILES string of the molecule is COc1ccc(S(=O)(=O)N(C)c2cc([N+](=O)[O-])ccc2OC)cc1. The largest absolute Gasteiger partial charge is 0.497 e. The zero-order chi connectivity index (χ0) is 17.9. The molecule has 0 fully saturated rings. The Morgan fingerprint density at radius 2 is 1.67 bits per heavy atom. The summed E-state index contributed by atoms with van der Waals surface area (Å²) in [5.41, 5.74) is -0.162. The molecule has 2 aromatic rings. The summed E-state index contributed by atoms with van der Waals surface area (Å²) in [6.45, 7) is 0. The maximum atomic E-state index is 12.7. The zero-order valence-electron chi connectivity index (χ0n) is 13.3. The number of sulfonamides is 1. The van der Waals surface area contributed by atoms with Crippen molar-refractivity contribution in [1.29, 1.82) is 0 Å². The van der Waals surface area contributed by atoms with Crippen molar-refractivity contribution >= 4 is 21.4 Å². The number of hydrogen-bond acceptors (Lipinski definition) is 6. The number of benzene rings is 2. The zero-order valence-corrected chi connectivity index (χ0v) is 14.1. The van der Waals surface area contributed by atoms with Gasteiger partial charge in [0.15, 0.2) is 0 Å². The number of non-ortho nitro benzene ring substituents is 1. The minimum absolute atomic E-state index is 0.0272. The second kappa shape index (κ2) is 6.75. The van der Waals surface area contributed by atoms with E-state index in [9.17, 15) is 18.5 Å². The van der Waals surface area contributed by atoms with Crippen LogP contribution in [0.5, 0.6) is 11.5 Å². The molecule has 128 valence electrons. The van der Waals surface area contributed by atoms with E-state index >= 15 is 0 Å². The number of nitro benzene ring substituents is 1. The molecule has 0 amide bonds. The van der Waals surface area contributed by atoms with Gasteiger partial charge in [-0.05, 0) is 30.3 Å². The molecule has 9 heteroatoms. The highest BCUT2D eigenvalue weighted by Gasteiger charge is 2.25. The van der Waals surface area contributed by atoms with Crippen LogP contribution < -0.4 is 13.8 Å². The predicted octanol–water partition coefficient (Wildman–Crippen LogP) is 2.44. The lowest BCUT2D eigenvalue weighted by Gasteiger charge is -2.21. The van der Waals surface area contributed by atoms with Gasteiger partial charge >= 0.3 is 0 Å². The summed E-state index contributed by atoms with van der Waals surface area (Å²) < 4.78 is 36.5. The van der Waals surface area contributed by atoms with E-state index in [0.717, 1.165) is 10.4 Å².